The molecule has 0 aromatic heterocycles. The molecule has 0 aromatic carbocycles. The van der Waals surface area contributed by atoms with Crippen LogP contribution in [0.2, 0.25) is 0 Å². The lowest BCUT2D eigenvalue weighted by Crippen LogP contribution is -2.42. The maximum absolute atomic E-state index is 11.7. The largest absolute Gasteiger partial charge is 0.381 e. The van der Waals surface area contributed by atoms with Crippen LogP contribution in [0.1, 0.15) is 19.8 Å². The summed E-state index contributed by atoms with van der Waals surface area (Å²) in [5.41, 5.74) is 5.91. The fraction of sp³-hybridized carbons (Fsp3) is 0.462. The van der Waals surface area contributed by atoms with E-state index in [0.717, 1.165) is 5.57 Å². The Morgan fingerprint density at radius 2 is 2.06 bits per heavy atom. The Balaban J connectivity index is 3.11. The normalized spacial score (nSPS) is 20.9. The minimum atomic E-state index is -0.584. The summed E-state index contributed by atoms with van der Waals surface area (Å²) in [5.74, 6) is -0.276. The van der Waals surface area contributed by atoms with Gasteiger partial charge in [-0.1, -0.05) is 30.9 Å². The molecule has 3 heteroatoms. The number of carbonyl (C=O) groups excluding carboxylic acids is 1. The zero-order chi connectivity index (χ0) is 12.0. The van der Waals surface area contributed by atoms with E-state index in [-0.39, 0.29) is 5.91 Å². The van der Waals surface area contributed by atoms with Gasteiger partial charge in [-0.05, 0) is 25.3 Å². The molecule has 88 valence electrons. The van der Waals surface area contributed by atoms with Crippen molar-refractivity contribution in [1.82, 2.24) is 0 Å². The molecule has 0 saturated carbocycles. The van der Waals surface area contributed by atoms with Crippen molar-refractivity contribution in [2.75, 3.05) is 13.2 Å². The molecule has 0 radical (unpaired) electrons. The van der Waals surface area contributed by atoms with Gasteiger partial charge >= 0.3 is 0 Å². The van der Waals surface area contributed by atoms with Crippen LogP contribution in [0, 0.1) is 5.41 Å². The predicted octanol–water partition coefficient (Wildman–Crippen LogP) is 1.96. The number of amides is 1. The predicted molar refractivity (Wildman–Crippen MR) is 64.8 cm³/mol. The lowest BCUT2D eigenvalue weighted by atomic mass is 9.72. The highest BCUT2D eigenvalue weighted by atomic mass is 16.5. The molecular weight excluding hydrogens is 202 g/mol. The number of hydrogen-bond donors (Lipinski definition) is 1. The minimum absolute atomic E-state index is 0.276. The molecule has 0 atom stereocenters. The van der Waals surface area contributed by atoms with Crippen LogP contribution < -0.4 is 5.73 Å². The summed E-state index contributed by atoms with van der Waals surface area (Å²) < 4.78 is 5.30. The zero-order valence-electron chi connectivity index (χ0n) is 9.74. The number of rotatable bonds is 4. The van der Waals surface area contributed by atoms with Crippen molar-refractivity contribution in [1.29, 1.82) is 0 Å². The quantitative estimate of drug-likeness (QED) is 0.738. The Morgan fingerprint density at radius 3 is 2.50 bits per heavy atom. The molecular formula is C13H19NO2. The summed E-state index contributed by atoms with van der Waals surface area (Å²) in [7, 11) is 0. The number of primary amides is 1. The Kier molecular flexibility index (Phi) is 4.50. The number of hydrogen-bond acceptors (Lipinski definition) is 2. The molecule has 1 saturated heterocycles. The molecule has 1 heterocycles. The molecule has 1 rings (SSSR count). The summed E-state index contributed by atoms with van der Waals surface area (Å²) >= 11 is 0. The number of ether oxygens (including phenoxy) is 1. The van der Waals surface area contributed by atoms with Gasteiger partial charge in [0.05, 0.1) is 5.41 Å². The van der Waals surface area contributed by atoms with Gasteiger partial charge in [0.25, 0.3) is 0 Å². The van der Waals surface area contributed by atoms with Crippen molar-refractivity contribution < 1.29 is 9.53 Å². The van der Waals surface area contributed by atoms with Crippen molar-refractivity contribution in [3.63, 3.8) is 0 Å². The molecule has 0 bridgehead atoms. The number of carbonyl (C=O) groups is 1. The molecule has 0 spiro atoms. The van der Waals surface area contributed by atoms with Gasteiger partial charge in [0, 0.05) is 13.2 Å². The molecule has 0 aromatic rings. The Hall–Kier alpha value is -1.35. The second kappa shape index (κ2) is 5.66. The van der Waals surface area contributed by atoms with Crippen LogP contribution in [-0.2, 0) is 9.53 Å². The van der Waals surface area contributed by atoms with Crippen LogP contribution in [0.25, 0.3) is 0 Å². The van der Waals surface area contributed by atoms with E-state index in [0.29, 0.717) is 26.1 Å². The second-order valence-electron chi connectivity index (χ2n) is 3.92. The highest BCUT2D eigenvalue weighted by molar-refractivity contribution is 5.85. The van der Waals surface area contributed by atoms with Crippen molar-refractivity contribution in [3.05, 3.63) is 36.5 Å². The topological polar surface area (TPSA) is 52.3 Å². The number of nitrogens with two attached hydrogens (primary N) is 1. The summed E-state index contributed by atoms with van der Waals surface area (Å²) in [6.45, 7) is 6.75. The molecule has 0 unspecified atom stereocenters. The van der Waals surface area contributed by atoms with Crippen molar-refractivity contribution in [2.45, 2.75) is 19.8 Å². The fourth-order valence-electron chi connectivity index (χ4n) is 2.08. The Labute approximate surface area is 96.7 Å². The Bertz CT molecular complexity index is 323. The Morgan fingerprint density at radius 1 is 1.44 bits per heavy atom. The third-order valence-corrected chi connectivity index (χ3v) is 3.01. The third-order valence-electron chi connectivity index (χ3n) is 3.01. The van der Waals surface area contributed by atoms with Crippen molar-refractivity contribution in [2.24, 2.45) is 11.1 Å². The minimum Gasteiger partial charge on any atom is -0.381 e. The lowest BCUT2D eigenvalue weighted by Gasteiger charge is -2.35. The van der Waals surface area contributed by atoms with Gasteiger partial charge in [0.2, 0.25) is 5.91 Å². The van der Waals surface area contributed by atoms with Gasteiger partial charge in [-0.15, -0.1) is 0 Å². The molecule has 1 amide bonds. The van der Waals surface area contributed by atoms with E-state index in [2.05, 4.69) is 6.58 Å². The highest BCUT2D eigenvalue weighted by Crippen LogP contribution is 2.38. The molecule has 1 fully saturated rings. The van der Waals surface area contributed by atoms with Gasteiger partial charge in [-0.3, -0.25) is 4.79 Å². The van der Waals surface area contributed by atoms with E-state index in [4.69, 9.17) is 10.5 Å². The van der Waals surface area contributed by atoms with Crippen LogP contribution in [0.4, 0.5) is 0 Å². The van der Waals surface area contributed by atoms with Gasteiger partial charge in [0.1, 0.15) is 0 Å². The van der Waals surface area contributed by atoms with E-state index >= 15 is 0 Å². The second-order valence-corrected chi connectivity index (χ2v) is 3.92. The zero-order valence-corrected chi connectivity index (χ0v) is 9.74. The first-order chi connectivity index (χ1) is 7.67. The summed E-state index contributed by atoms with van der Waals surface area (Å²) in [4.78, 5) is 11.7. The first kappa shape index (κ1) is 12.7. The van der Waals surface area contributed by atoms with Gasteiger partial charge < -0.3 is 10.5 Å². The van der Waals surface area contributed by atoms with Gasteiger partial charge in [0.15, 0.2) is 0 Å². The number of allylic oxidation sites excluding steroid dienone is 4. The van der Waals surface area contributed by atoms with E-state index < -0.39 is 5.41 Å². The van der Waals surface area contributed by atoms with Gasteiger partial charge in [-0.25, -0.2) is 0 Å². The van der Waals surface area contributed by atoms with Crippen LogP contribution in [0.5, 0.6) is 0 Å². The molecule has 16 heavy (non-hydrogen) atoms. The van der Waals surface area contributed by atoms with Gasteiger partial charge in [-0.2, -0.15) is 0 Å². The third kappa shape index (κ3) is 2.42. The van der Waals surface area contributed by atoms with Crippen molar-refractivity contribution >= 4 is 5.91 Å². The van der Waals surface area contributed by atoms with Crippen molar-refractivity contribution in [3.8, 4) is 0 Å². The van der Waals surface area contributed by atoms with E-state index in [1.54, 1.807) is 6.08 Å². The van der Waals surface area contributed by atoms with Crippen LogP contribution in [0.15, 0.2) is 36.5 Å². The molecule has 1 aliphatic rings. The average Bonchev–Trinajstić information content (AvgIpc) is 2.29. The van der Waals surface area contributed by atoms with Crippen LogP contribution in [-0.4, -0.2) is 19.1 Å². The molecule has 3 nitrogen and oxygen atoms in total. The monoisotopic (exact) mass is 221 g/mol. The summed E-state index contributed by atoms with van der Waals surface area (Å²) in [5, 5.41) is 0. The van der Waals surface area contributed by atoms with E-state index in [9.17, 15) is 4.79 Å². The first-order valence-electron chi connectivity index (χ1n) is 5.51. The molecule has 2 N–H and O–H groups in total. The van der Waals surface area contributed by atoms with E-state index in [1.165, 1.54) is 0 Å². The first-order valence-corrected chi connectivity index (χ1v) is 5.51. The summed E-state index contributed by atoms with van der Waals surface area (Å²) in [6.07, 6.45) is 8.68. The molecule has 1 aliphatic heterocycles. The van der Waals surface area contributed by atoms with E-state index in [1.807, 2.05) is 25.2 Å². The lowest BCUT2D eigenvalue weighted by molar-refractivity contribution is -0.130. The van der Waals surface area contributed by atoms with Crippen LogP contribution in [0.3, 0.4) is 0 Å². The highest BCUT2D eigenvalue weighted by Gasteiger charge is 2.40. The van der Waals surface area contributed by atoms with Crippen LogP contribution >= 0.6 is 0 Å². The molecule has 0 aliphatic carbocycles. The summed E-state index contributed by atoms with van der Waals surface area (Å²) in [6, 6.07) is 0. The smallest absolute Gasteiger partial charge is 0.228 e. The SMILES string of the molecule is C=C/C=C(\C=C/C)C1(C(N)=O)CCOCC1. The maximum atomic E-state index is 11.7. The standard InChI is InChI=1S/C13H19NO2/c1-3-5-11(6-4-2)13(12(14)15)7-9-16-10-8-13/h3-6H,1,7-10H2,2H3,(H2,14,15)/b6-4-,11-5+. The average molecular weight is 221 g/mol. The maximum Gasteiger partial charge on any atom is 0.228 e. The fourth-order valence-corrected chi connectivity index (χ4v) is 2.08.